The number of benzene rings is 2. The highest BCUT2D eigenvalue weighted by atomic mass is 32.1. The lowest BCUT2D eigenvalue weighted by molar-refractivity contribution is 0.0629. The summed E-state index contributed by atoms with van der Waals surface area (Å²) in [5, 5.41) is 0. The number of piperazine rings is 1. The zero-order chi connectivity index (χ0) is 20.9. The fourth-order valence-electron chi connectivity index (χ4n) is 3.73. The normalized spacial score (nSPS) is 14.8. The van der Waals surface area contributed by atoms with E-state index in [-0.39, 0.29) is 11.7 Å². The molecular weight excluding hydrogens is 399 g/mol. The molecule has 0 atom stereocenters. The molecule has 1 aliphatic heterocycles. The number of rotatable bonds is 6. The van der Waals surface area contributed by atoms with Crippen LogP contribution >= 0.6 is 11.3 Å². The summed E-state index contributed by atoms with van der Waals surface area (Å²) >= 11 is 1.70. The molecule has 4 nitrogen and oxygen atoms in total. The Labute approximate surface area is 180 Å². The number of nitrogens with zero attached hydrogens (tertiary/aromatic N) is 2. The zero-order valence-electron chi connectivity index (χ0n) is 17.0. The van der Waals surface area contributed by atoms with E-state index in [2.05, 4.69) is 17.0 Å². The van der Waals surface area contributed by atoms with Gasteiger partial charge >= 0.3 is 0 Å². The summed E-state index contributed by atoms with van der Waals surface area (Å²) in [5.41, 5.74) is 2.64. The highest BCUT2D eigenvalue weighted by molar-refractivity contribution is 7.15. The molecule has 1 aromatic heterocycles. The predicted octanol–water partition coefficient (Wildman–Crippen LogP) is 4.66. The summed E-state index contributed by atoms with van der Waals surface area (Å²) < 4.78 is 18.6. The van der Waals surface area contributed by atoms with Crippen LogP contribution in [0.4, 0.5) is 4.39 Å². The van der Waals surface area contributed by atoms with E-state index in [0.717, 1.165) is 54.3 Å². The smallest absolute Gasteiger partial charge is 0.253 e. The zero-order valence-corrected chi connectivity index (χ0v) is 17.8. The van der Waals surface area contributed by atoms with Crippen molar-refractivity contribution in [3.05, 3.63) is 82.5 Å². The molecule has 0 saturated carbocycles. The number of amides is 1. The van der Waals surface area contributed by atoms with Gasteiger partial charge in [-0.25, -0.2) is 4.39 Å². The second kappa shape index (κ2) is 9.51. The number of ether oxygens (including phenoxy) is 1. The van der Waals surface area contributed by atoms with E-state index in [4.69, 9.17) is 4.74 Å². The first-order valence-electron chi connectivity index (χ1n) is 10.1. The SMILES string of the molecule is COCc1cccc(C(=O)N2CCN(Cc3ccc(-c4cccc(F)c4)s3)CC2)c1. The molecule has 2 aromatic carbocycles. The fourth-order valence-corrected chi connectivity index (χ4v) is 4.78. The first-order chi connectivity index (χ1) is 14.6. The summed E-state index contributed by atoms with van der Waals surface area (Å²) in [7, 11) is 1.66. The van der Waals surface area contributed by atoms with Crippen LogP contribution in [0.3, 0.4) is 0 Å². The Kier molecular flexibility index (Phi) is 6.57. The Bertz CT molecular complexity index is 1010. The summed E-state index contributed by atoms with van der Waals surface area (Å²) in [5.74, 6) is -0.131. The van der Waals surface area contributed by atoms with Crippen LogP contribution < -0.4 is 0 Å². The molecule has 0 unspecified atom stereocenters. The lowest BCUT2D eigenvalue weighted by Gasteiger charge is -2.34. The standard InChI is InChI=1S/C24H25FN2O2S/c1-29-17-18-4-2-6-20(14-18)24(28)27-12-10-26(11-13-27)16-22-8-9-23(30-22)19-5-3-7-21(25)15-19/h2-9,14-15H,10-13,16-17H2,1H3. The number of carbonyl (C=O) groups excluding carboxylic acids is 1. The minimum absolute atomic E-state index is 0.0807. The van der Waals surface area contributed by atoms with Crippen LogP contribution in [0.2, 0.25) is 0 Å². The molecule has 0 aliphatic carbocycles. The lowest BCUT2D eigenvalue weighted by atomic mass is 10.1. The van der Waals surface area contributed by atoms with Gasteiger partial charge < -0.3 is 9.64 Å². The van der Waals surface area contributed by atoms with Crippen molar-refractivity contribution in [3.63, 3.8) is 0 Å². The lowest BCUT2D eigenvalue weighted by Crippen LogP contribution is -2.48. The van der Waals surface area contributed by atoms with Crippen LogP contribution in [-0.4, -0.2) is 49.0 Å². The van der Waals surface area contributed by atoms with Crippen LogP contribution in [-0.2, 0) is 17.9 Å². The molecule has 0 spiro atoms. The van der Waals surface area contributed by atoms with Gasteiger partial charge in [0.15, 0.2) is 0 Å². The van der Waals surface area contributed by atoms with Crippen molar-refractivity contribution in [2.24, 2.45) is 0 Å². The van der Waals surface area contributed by atoms with Crippen molar-refractivity contribution in [2.75, 3.05) is 33.3 Å². The van der Waals surface area contributed by atoms with Crippen LogP contribution in [0.25, 0.3) is 10.4 Å². The maximum atomic E-state index is 13.5. The number of carbonyl (C=O) groups is 1. The number of halogens is 1. The minimum atomic E-state index is -0.212. The van der Waals surface area contributed by atoms with Crippen molar-refractivity contribution >= 4 is 17.2 Å². The van der Waals surface area contributed by atoms with Gasteiger partial charge in [0.05, 0.1) is 6.61 Å². The number of hydrogen-bond acceptors (Lipinski definition) is 4. The maximum absolute atomic E-state index is 13.5. The highest BCUT2D eigenvalue weighted by Gasteiger charge is 2.22. The van der Waals surface area contributed by atoms with Gasteiger partial charge in [-0.3, -0.25) is 9.69 Å². The molecule has 2 heterocycles. The second-order valence-corrected chi connectivity index (χ2v) is 8.65. The van der Waals surface area contributed by atoms with Gasteiger partial charge in [-0.15, -0.1) is 11.3 Å². The van der Waals surface area contributed by atoms with Gasteiger partial charge in [-0.2, -0.15) is 0 Å². The summed E-state index contributed by atoms with van der Waals surface area (Å²) in [6.07, 6.45) is 0. The Morgan fingerprint density at radius 2 is 1.83 bits per heavy atom. The van der Waals surface area contributed by atoms with E-state index < -0.39 is 0 Å². The molecule has 6 heteroatoms. The van der Waals surface area contributed by atoms with E-state index in [1.807, 2.05) is 35.2 Å². The van der Waals surface area contributed by atoms with Crippen LogP contribution in [0.1, 0.15) is 20.8 Å². The third kappa shape index (κ3) is 4.95. The number of methoxy groups -OCH3 is 1. The second-order valence-electron chi connectivity index (χ2n) is 7.48. The van der Waals surface area contributed by atoms with Crippen molar-refractivity contribution in [1.29, 1.82) is 0 Å². The van der Waals surface area contributed by atoms with E-state index in [9.17, 15) is 9.18 Å². The van der Waals surface area contributed by atoms with Gasteiger partial charge in [-0.1, -0.05) is 24.3 Å². The van der Waals surface area contributed by atoms with E-state index in [1.165, 1.54) is 10.9 Å². The van der Waals surface area contributed by atoms with Crippen LogP contribution in [0.15, 0.2) is 60.7 Å². The van der Waals surface area contributed by atoms with Gasteiger partial charge in [0.2, 0.25) is 0 Å². The largest absolute Gasteiger partial charge is 0.380 e. The molecule has 0 bridgehead atoms. The van der Waals surface area contributed by atoms with Gasteiger partial charge in [0, 0.05) is 55.2 Å². The van der Waals surface area contributed by atoms with Crippen molar-refractivity contribution in [3.8, 4) is 10.4 Å². The Morgan fingerprint density at radius 1 is 1.03 bits per heavy atom. The minimum Gasteiger partial charge on any atom is -0.380 e. The monoisotopic (exact) mass is 424 g/mol. The Balaban J connectivity index is 1.33. The third-order valence-corrected chi connectivity index (χ3v) is 6.41. The highest BCUT2D eigenvalue weighted by Crippen LogP contribution is 2.29. The number of hydrogen-bond donors (Lipinski definition) is 0. The van der Waals surface area contributed by atoms with Crippen molar-refractivity contribution < 1.29 is 13.9 Å². The van der Waals surface area contributed by atoms with Gasteiger partial charge in [0.1, 0.15) is 5.82 Å². The Hall–Kier alpha value is -2.54. The molecule has 1 amide bonds. The summed E-state index contributed by atoms with van der Waals surface area (Å²) in [4.78, 5) is 19.5. The van der Waals surface area contributed by atoms with Gasteiger partial charge in [0.25, 0.3) is 5.91 Å². The molecule has 30 heavy (non-hydrogen) atoms. The molecule has 0 N–H and O–H groups in total. The van der Waals surface area contributed by atoms with Gasteiger partial charge in [-0.05, 0) is 47.5 Å². The third-order valence-electron chi connectivity index (χ3n) is 5.29. The molecule has 4 rings (SSSR count). The van der Waals surface area contributed by atoms with Crippen LogP contribution in [0, 0.1) is 5.82 Å². The molecule has 3 aromatic rings. The predicted molar refractivity (Wildman–Crippen MR) is 118 cm³/mol. The first-order valence-corrected chi connectivity index (χ1v) is 10.9. The molecular formula is C24H25FN2O2S. The topological polar surface area (TPSA) is 32.8 Å². The summed E-state index contributed by atoms with van der Waals surface area (Å²) in [6, 6.07) is 18.5. The molecule has 0 radical (unpaired) electrons. The van der Waals surface area contributed by atoms with E-state index in [0.29, 0.717) is 6.61 Å². The average molecular weight is 425 g/mol. The molecule has 1 fully saturated rings. The van der Waals surface area contributed by atoms with Crippen LogP contribution in [0.5, 0.6) is 0 Å². The quantitative estimate of drug-likeness (QED) is 0.577. The molecule has 1 saturated heterocycles. The maximum Gasteiger partial charge on any atom is 0.253 e. The molecule has 156 valence electrons. The fraction of sp³-hybridized carbons (Fsp3) is 0.292. The van der Waals surface area contributed by atoms with E-state index >= 15 is 0 Å². The Morgan fingerprint density at radius 3 is 2.60 bits per heavy atom. The van der Waals surface area contributed by atoms with E-state index in [1.54, 1.807) is 30.6 Å². The number of thiophene rings is 1. The summed E-state index contributed by atoms with van der Waals surface area (Å²) in [6.45, 7) is 4.48. The first kappa shape index (κ1) is 20.7. The van der Waals surface area contributed by atoms with Crippen molar-refractivity contribution in [2.45, 2.75) is 13.2 Å². The average Bonchev–Trinajstić information content (AvgIpc) is 3.23. The molecule has 1 aliphatic rings. The van der Waals surface area contributed by atoms with Crippen molar-refractivity contribution in [1.82, 2.24) is 9.80 Å².